The maximum Gasteiger partial charge on any atom is 0.255 e. The minimum atomic E-state index is -0.133. The van der Waals surface area contributed by atoms with Crippen molar-refractivity contribution in [2.45, 2.75) is 6.54 Å². The lowest BCUT2D eigenvalue weighted by atomic mass is 10.2. The monoisotopic (exact) mass is 417 g/mol. The smallest absolute Gasteiger partial charge is 0.255 e. The van der Waals surface area contributed by atoms with Gasteiger partial charge in [-0.05, 0) is 30.3 Å². The van der Waals surface area contributed by atoms with Crippen LogP contribution in [0.5, 0.6) is 0 Å². The summed E-state index contributed by atoms with van der Waals surface area (Å²) in [6.45, 7) is 3.69. The molecule has 10 heteroatoms. The van der Waals surface area contributed by atoms with Gasteiger partial charge in [-0.25, -0.2) is 14.5 Å². The summed E-state index contributed by atoms with van der Waals surface area (Å²) in [4.78, 5) is 23.1. The van der Waals surface area contributed by atoms with E-state index in [4.69, 9.17) is 9.15 Å². The molecule has 31 heavy (non-hydrogen) atoms. The van der Waals surface area contributed by atoms with Crippen molar-refractivity contribution in [1.29, 1.82) is 0 Å². The van der Waals surface area contributed by atoms with Gasteiger partial charge in [0.2, 0.25) is 0 Å². The third-order valence-corrected chi connectivity index (χ3v) is 5.53. The van der Waals surface area contributed by atoms with Crippen LogP contribution in [0.4, 0.5) is 17.2 Å². The summed E-state index contributed by atoms with van der Waals surface area (Å²) in [5, 5.41) is 10.4. The second-order valence-corrected chi connectivity index (χ2v) is 7.39. The number of fused-ring (bicyclic) bond motifs is 2. The number of anilines is 3. The number of benzene rings is 1. The van der Waals surface area contributed by atoms with E-state index in [2.05, 4.69) is 42.7 Å². The quantitative estimate of drug-likeness (QED) is 0.520. The second-order valence-electron chi connectivity index (χ2n) is 7.39. The topological polar surface area (TPSA) is 110 Å². The molecule has 0 radical (unpaired) electrons. The Bertz CT molecular complexity index is 1270. The summed E-state index contributed by atoms with van der Waals surface area (Å²) >= 11 is 0. The van der Waals surface area contributed by atoms with E-state index in [1.807, 2.05) is 12.1 Å². The molecule has 156 valence electrons. The Morgan fingerprint density at radius 3 is 2.74 bits per heavy atom. The molecule has 0 unspecified atom stereocenters. The first kappa shape index (κ1) is 17.9. The van der Waals surface area contributed by atoms with Crippen LogP contribution < -0.4 is 15.5 Å². The van der Waals surface area contributed by atoms with E-state index < -0.39 is 0 Å². The van der Waals surface area contributed by atoms with Crippen molar-refractivity contribution < 1.29 is 13.9 Å². The number of hydrogen-bond donors (Lipinski definition) is 2. The molecule has 6 rings (SSSR count). The summed E-state index contributed by atoms with van der Waals surface area (Å²) in [5.41, 5.74) is 3.81. The molecule has 0 aliphatic carbocycles. The highest BCUT2D eigenvalue weighted by Gasteiger charge is 2.26. The molecule has 1 aromatic carbocycles. The Balaban J connectivity index is 1.29. The van der Waals surface area contributed by atoms with Gasteiger partial charge in [0.1, 0.15) is 17.8 Å². The number of furan rings is 1. The second kappa shape index (κ2) is 7.10. The van der Waals surface area contributed by atoms with Crippen molar-refractivity contribution in [3.63, 3.8) is 0 Å². The average Bonchev–Trinajstić information content (AvgIpc) is 3.53. The van der Waals surface area contributed by atoms with Crippen molar-refractivity contribution in [3.8, 4) is 11.5 Å². The zero-order valence-electron chi connectivity index (χ0n) is 16.5. The highest BCUT2D eigenvalue weighted by Crippen LogP contribution is 2.30. The van der Waals surface area contributed by atoms with Crippen LogP contribution in [-0.2, 0) is 11.3 Å². The number of carbonyl (C=O) groups excluding carboxylic acids is 1. The standard InChI is InChI=1S/C21H19N7O3/c29-21-15-9-17(31-18(15)11-23-21)16-10-22-19(20-24-12-25-28(16)20)26-13-1-3-14(4-2-13)27-5-7-30-8-6-27/h1-4,9-10,12H,5-8,11H2,(H,22,26)(H,23,29). The van der Waals surface area contributed by atoms with Gasteiger partial charge in [-0.15, -0.1) is 0 Å². The first-order chi connectivity index (χ1) is 15.3. The fraction of sp³-hybridized carbons (Fsp3) is 0.238. The molecule has 0 bridgehead atoms. The van der Waals surface area contributed by atoms with Crippen LogP contribution in [-0.4, -0.2) is 51.8 Å². The van der Waals surface area contributed by atoms with Crippen molar-refractivity contribution in [2.24, 2.45) is 0 Å². The third-order valence-electron chi connectivity index (χ3n) is 5.53. The normalized spacial score (nSPS) is 15.9. The molecule has 1 amide bonds. The Hall–Kier alpha value is -3.92. The number of amides is 1. The van der Waals surface area contributed by atoms with Gasteiger partial charge in [-0.2, -0.15) is 5.10 Å². The van der Waals surface area contributed by atoms with E-state index in [0.717, 1.165) is 32.0 Å². The largest absolute Gasteiger partial charge is 0.457 e. The molecule has 2 N–H and O–H groups in total. The minimum Gasteiger partial charge on any atom is -0.457 e. The maximum atomic E-state index is 11.9. The number of rotatable bonds is 4. The van der Waals surface area contributed by atoms with E-state index >= 15 is 0 Å². The van der Waals surface area contributed by atoms with Gasteiger partial charge in [0, 0.05) is 24.5 Å². The molecule has 5 heterocycles. The summed E-state index contributed by atoms with van der Waals surface area (Å²) in [6.07, 6.45) is 3.13. The molecule has 2 aliphatic heterocycles. The Morgan fingerprint density at radius 2 is 1.94 bits per heavy atom. The van der Waals surface area contributed by atoms with Crippen LogP contribution in [0.25, 0.3) is 17.1 Å². The zero-order chi connectivity index (χ0) is 20.8. The van der Waals surface area contributed by atoms with E-state index in [0.29, 0.717) is 40.8 Å². The molecular weight excluding hydrogens is 398 g/mol. The molecule has 0 spiro atoms. The maximum absolute atomic E-state index is 11.9. The molecule has 1 saturated heterocycles. The Morgan fingerprint density at radius 1 is 1.10 bits per heavy atom. The number of hydrogen-bond acceptors (Lipinski definition) is 8. The molecule has 2 aliphatic rings. The average molecular weight is 417 g/mol. The fourth-order valence-electron chi connectivity index (χ4n) is 3.92. The van der Waals surface area contributed by atoms with Gasteiger partial charge in [0.05, 0.1) is 31.5 Å². The minimum absolute atomic E-state index is 0.133. The lowest BCUT2D eigenvalue weighted by Crippen LogP contribution is -2.36. The fourth-order valence-corrected chi connectivity index (χ4v) is 3.92. The molecule has 0 saturated carbocycles. The third kappa shape index (κ3) is 3.08. The highest BCUT2D eigenvalue weighted by molar-refractivity contribution is 5.98. The highest BCUT2D eigenvalue weighted by atomic mass is 16.5. The number of carbonyl (C=O) groups is 1. The molecule has 1 fully saturated rings. The van der Waals surface area contributed by atoms with Crippen molar-refractivity contribution >= 4 is 28.7 Å². The summed E-state index contributed by atoms with van der Waals surface area (Å²) < 4.78 is 12.9. The van der Waals surface area contributed by atoms with Crippen LogP contribution in [0.15, 0.2) is 47.3 Å². The first-order valence-electron chi connectivity index (χ1n) is 10.1. The number of nitrogens with zero attached hydrogens (tertiary/aromatic N) is 5. The van der Waals surface area contributed by atoms with Crippen LogP contribution in [0, 0.1) is 0 Å². The zero-order valence-corrected chi connectivity index (χ0v) is 16.5. The van der Waals surface area contributed by atoms with Gasteiger partial charge in [0.15, 0.2) is 17.2 Å². The van der Waals surface area contributed by atoms with E-state index in [9.17, 15) is 4.79 Å². The van der Waals surface area contributed by atoms with Crippen molar-refractivity contribution in [3.05, 3.63) is 54.2 Å². The van der Waals surface area contributed by atoms with Gasteiger partial charge in [0.25, 0.3) is 5.91 Å². The van der Waals surface area contributed by atoms with E-state index in [1.165, 1.54) is 12.0 Å². The van der Waals surface area contributed by atoms with Crippen molar-refractivity contribution in [1.82, 2.24) is 24.9 Å². The number of ether oxygens (including phenoxy) is 1. The molecule has 4 aromatic rings. The summed E-state index contributed by atoms with van der Waals surface area (Å²) in [6, 6.07) is 9.91. The molecular formula is C21H19N7O3. The van der Waals surface area contributed by atoms with E-state index in [1.54, 1.807) is 16.8 Å². The van der Waals surface area contributed by atoms with Crippen LogP contribution in [0.2, 0.25) is 0 Å². The van der Waals surface area contributed by atoms with Crippen LogP contribution >= 0.6 is 0 Å². The van der Waals surface area contributed by atoms with Gasteiger partial charge in [-0.1, -0.05) is 0 Å². The molecule has 10 nitrogen and oxygen atoms in total. The van der Waals surface area contributed by atoms with Gasteiger partial charge >= 0.3 is 0 Å². The Labute approximate surface area is 176 Å². The van der Waals surface area contributed by atoms with E-state index in [-0.39, 0.29) is 5.91 Å². The Kier molecular flexibility index (Phi) is 4.10. The predicted octanol–water partition coefficient (Wildman–Crippen LogP) is 2.21. The van der Waals surface area contributed by atoms with Gasteiger partial charge < -0.3 is 24.7 Å². The number of morpholine rings is 1. The molecule has 0 atom stereocenters. The first-order valence-corrected chi connectivity index (χ1v) is 10.1. The predicted molar refractivity (Wildman–Crippen MR) is 112 cm³/mol. The lowest BCUT2D eigenvalue weighted by molar-refractivity contribution is 0.0965. The van der Waals surface area contributed by atoms with Crippen LogP contribution in [0.3, 0.4) is 0 Å². The van der Waals surface area contributed by atoms with Crippen LogP contribution in [0.1, 0.15) is 16.1 Å². The SMILES string of the molecule is O=C1NCc2oc(-c3cnc(Nc4ccc(N5CCOCC5)cc4)c4ncnn34)cc21. The summed E-state index contributed by atoms with van der Waals surface area (Å²) in [5.74, 6) is 1.60. The van der Waals surface area contributed by atoms with Gasteiger partial charge in [-0.3, -0.25) is 4.79 Å². The summed E-state index contributed by atoms with van der Waals surface area (Å²) in [7, 11) is 0. The van der Waals surface area contributed by atoms with Crippen molar-refractivity contribution in [2.75, 3.05) is 36.5 Å². The lowest BCUT2D eigenvalue weighted by Gasteiger charge is -2.28. The number of nitrogens with one attached hydrogen (secondary N) is 2. The number of aromatic nitrogens is 4. The molecule has 3 aromatic heterocycles.